The van der Waals surface area contributed by atoms with Crippen LogP contribution in [0.15, 0.2) is 43.0 Å². The summed E-state index contributed by atoms with van der Waals surface area (Å²) in [6.07, 6.45) is 6.38. The van der Waals surface area contributed by atoms with Crippen LogP contribution in [0.1, 0.15) is 33.7 Å². The number of rotatable bonds is 4. The van der Waals surface area contributed by atoms with Gasteiger partial charge in [0.05, 0.1) is 23.6 Å². The number of imidazole rings is 1. The summed E-state index contributed by atoms with van der Waals surface area (Å²) in [5.41, 5.74) is 2.06. The maximum Gasteiger partial charge on any atom is 0.269 e. The summed E-state index contributed by atoms with van der Waals surface area (Å²) in [7, 11) is 1.93. The van der Waals surface area contributed by atoms with Gasteiger partial charge in [-0.15, -0.1) is 0 Å². The van der Waals surface area contributed by atoms with E-state index in [4.69, 9.17) is 0 Å². The van der Waals surface area contributed by atoms with Crippen LogP contribution in [0.25, 0.3) is 10.9 Å². The highest BCUT2D eigenvalue weighted by Crippen LogP contribution is 2.23. The van der Waals surface area contributed by atoms with Crippen LogP contribution in [-0.4, -0.2) is 38.4 Å². The fraction of sp³-hybridized carbons (Fsp3) is 0.278. The fourth-order valence-corrected chi connectivity index (χ4v) is 3.30. The summed E-state index contributed by atoms with van der Waals surface area (Å²) in [5, 5.41) is 7.04. The van der Waals surface area contributed by atoms with E-state index >= 15 is 0 Å². The molecule has 7 nitrogen and oxygen atoms in total. The second-order valence-corrected chi connectivity index (χ2v) is 6.45. The number of hydrogen-bond donors (Lipinski definition) is 3. The Bertz CT molecular complexity index is 922. The quantitative estimate of drug-likeness (QED) is 0.675. The highest BCUT2D eigenvalue weighted by Gasteiger charge is 2.32. The van der Waals surface area contributed by atoms with E-state index < -0.39 is 0 Å². The lowest BCUT2D eigenvalue weighted by Gasteiger charge is -2.36. The molecule has 0 saturated heterocycles. The molecule has 0 atom stereocenters. The Morgan fingerprint density at radius 2 is 1.92 bits per heavy atom. The van der Waals surface area contributed by atoms with Crippen molar-refractivity contribution in [2.45, 2.75) is 24.9 Å². The number of aromatic nitrogens is 3. The largest absolute Gasteiger partial charge is 0.350 e. The number of carbonyl (C=O) groups is 2. The van der Waals surface area contributed by atoms with Crippen LogP contribution in [0, 0.1) is 0 Å². The van der Waals surface area contributed by atoms with Crippen LogP contribution in [0.4, 0.5) is 0 Å². The molecule has 1 saturated carbocycles. The molecule has 2 aromatic heterocycles. The molecule has 1 aromatic carbocycles. The smallest absolute Gasteiger partial charge is 0.269 e. The third-order valence-corrected chi connectivity index (χ3v) is 4.69. The molecule has 1 aliphatic rings. The minimum atomic E-state index is -0.166. The van der Waals surface area contributed by atoms with Gasteiger partial charge in [0, 0.05) is 30.7 Å². The number of aromatic amines is 1. The van der Waals surface area contributed by atoms with Gasteiger partial charge in [0.1, 0.15) is 5.69 Å². The van der Waals surface area contributed by atoms with Gasteiger partial charge in [-0.3, -0.25) is 9.59 Å². The van der Waals surface area contributed by atoms with Crippen molar-refractivity contribution in [2.24, 2.45) is 7.05 Å². The van der Waals surface area contributed by atoms with E-state index in [0.29, 0.717) is 11.3 Å². The standard InChI is InChI=1S/C18H19N5O2/c1-23-6-5-11-3-2-4-14(16(11)23)17(24)21-12-7-13(8-12)22-18(25)15-9-19-10-20-15/h2-6,9-10,12-13H,7-8H2,1H3,(H,19,20)(H,21,24)(H,22,25). The van der Waals surface area contributed by atoms with Crippen molar-refractivity contribution in [1.82, 2.24) is 25.2 Å². The summed E-state index contributed by atoms with van der Waals surface area (Å²) < 4.78 is 1.96. The van der Waals surface area contributed by atoms with Crippen molar-refractivity contribution >= 4 is 22.7 Å². The van der Waals surface area contributed by atoms with Gasteiger partial charge >= 0.3 is 0 Å². The van der Waals surface area contributed by atoms with E-state index in [1.165, 1.54) is 12.5 Å². The Morgan fingerprint density at radius 3 is 2.64 bits per heavy atom. The van der Waals surface area contributed by atoms with Gasteiger partial charge in [0.15, 0.2) is 0 Å². The van der Waals surface area contributed by atoms with E-state index in [1.807, 2.05) is 42.1 Å². The lowest BCUT2D eigenvalue weighted by molar-refractivity contribution is 0.0861. The Morgan fingerprint density at radius 1 is 1.16 bits per heavy atom. The third-order valence-electron chi connectivity index (χ3n) is 4.69. The number of aryl methyl sites for hydroxylation is 1. The van der Waals surface area contributed by atoms with Crippen LogP contribution in [0.3, 0.4) is 0 Å². The molecular formula is C18H19N5O2. The van der Waals surface area contributed by atoms with Crippen molar-refractivity contribution in [3.05, 3.63) is 54.2 Å². The lowest BCUT2D eigenvalue weighted by Crippen LogP contribution is -2.53. The number of H-pyrrole nitrogens is 1. The first-order chi connectivity index (χ1) is 12.1. The number of nitrogens with one attached hydrogen (secondary N) is 3. The average molecular weight is 337 g/mol. The molecular weight excluding hydrogens is 318 g/mol. The zero-order valence-corrected chi connectivity index (χ0v) is 13.8. The number of carbonyl (C=O) groups excluding carboxylic acids is 2. The normalized spacial score (nSPS) is 19.4. The van der Waals surface area contributed by atoms with Crippen LogP contribution < -0.4 is 10.6 Å². The summed E-state index contributed by atoms with van der Waals surface area (Å²) in [5.74, 6) is -0.239. The molecule has 128 valence electrons. The van der Waals surface area contributed by atoms with Crippen molar-refractivity contribution in [3.63, 3.8) is 0 Å². The molecule has 7 heteroatoms. The zero-order valence-electron chi connectivity index (χ0n) is 13.8. The van der Waals surface area contributed by atoms with E-state index in [9.17, 15) is 9.59 Å². The van der Waals surface area contributed by atoms with Crippen LogP contribution in [-0.2, 0) is 7.05 Å². The second-order valence-electron chi connectivity index (χ2n) is 6.45. The van der Waals surface area contributed by atoms with Gasteiger partial charge in [0.2, 0.25) is 0 Å². The maximum atomic E-state index is 12.6. The predicted octanol–water partition coefficient (Wildman–Crippen LogP) is 1.59. The summed E-state index contributed by atoms with van der Waals surface area (Å²) in [6.45, 7) is 0. The molecule has 3 N–H and O–H groups in total. The highest BCUT2D eigenvalue weighted by molar-refractivity contribution is 6.06. The molecule has 0 spiro atoms. The fourth-order valence-electron chi connectivity index (χ4n) is 3.30. The second kappa shape index (κ2) is 6.08. The Hall–Kier alpha value is -3.09. The molecule has 0 aliphatic heterocycles. The van der Waals surface area contributed by atoms with Crippen molar-refractivity contribution in [1.29, 1.82) is 0 Å². The molecule has 4 rings (SSSR count). The predicted molar refractivity (Wildman–Crippen MR) is 93.2 cm³/mol. The summed E-state index contributed by atoms with van der Waals surface area (Å²) >= 11 is 0. The first-order valence-corrected chi connectivity index (χ1v) is 8.26. The number of benzene rings is 1. The van der Waals surface area contributed by atoms with E-state index in [-0.39, 0.29) is 23.9 Å². The van der Waals surface area contributed by atoms with Crippen molar-refractivity contribution in [2.75, 3.05) is 0 Å². The Balaban J connectivity index is 1.35. The van der Waals surface area contributed by atoms with Crippen LogP contribution >= 0.6 is 0 Å². The van der Waals surface area contributed by atoms with Crippen LogP contribution in [0.5, 0.6) is 0 Å². The van der Waals surface area contributed by atoms with Gasteiger partial charge in [-0.2, -0.15) is 0 Å². The molecule has 0 unspecified atom stereocenters. The van der Waals surface area contributed by atoms with Crippen LogP contribution in [0.2, 0.25) is 0 Å². The first-order valence-electron chi connectivity index (χ1n) is 8.26. The molecule has 25 heavy (non-hydrogen) atoms. The molecule has 1 aliphatic carbocycles. The Labute approximate surface area is 144 Å². The van der Waals surface area contributed by atoms with Gasteiger partial charge in [-0.1, -0.05) is 12.1 Å². The molecule has 2 heterocycles. The highest BCUT2D eigenvalue weighted by atomic mass is 16.2. The summed E-state index contributed by atoms with van der Waals surface area (Å²) in [4.78, 5) is 31.2. The molecule has 3 aromatic rings. The number of fused-ring (bicyclic) bond motifs is 1. The number of amides is 2. The SMILES string of the molecule is Cn1ccc2cccc(C(=O)NC3CC(NC(=O)c4cnc[nH]4)C3)c21. The summed E-state index contributed by atoms with van der Waals surface area (Å²) in [6, 6.07) is 7.88. The number of para-hydroxylation sites is 1. The van der Waals surface area contributed by atoms with Gasteiger partial charge in [-0.25, -0.2) is 4.98 Å². The van der Waals surface area contributed by atoms with Gasteiger partial charge < -0.3 is 20.2 Å². The third kappa shape index (κ3) is 2.88. The van der Waals surface area contributed by atoms with Gasteiger partial charge in [0.25, 0.3) is 11.8 Å². The number of nitrogens with zero attached hydrogens (tertiary/aromatic N) is 2. The molecule has 0 radical (unpaired) electrons. The van der Waals surface area contributed by atoms with E-state index in [0.717, 1.165) is 23.7 Å². The average Bonchev–Trinajstić information content (AvgIpc) is 3.23. The molecule has 2 amide bonds. The number of hydrogen-bond acceptors (Lipinski definition) is 3. The van der Waals surface area contributed by atoms with Crippen molar-refractivity contribution < 1.29 is 9.59 Å². The monoisotopic (exact) mass is 337 g/mol. The van der Waals surface area contributed by atoms with Crippen molar-refractivity contribution in [3.8, 4) is 0 Å². The van der Waals surface area contributed by atoms with E-state index in [2.05, 4.69) is 20.6 Å². The minimum absolute atomic E-state index is 0.0734. The maximum absolute atomic E-state index is 12.6. The molecule has 1 fully saturated rings. The van der Waals surface area contributed by atoms with E-state index in [1.54, 1.807) is 0 Å². The first kappa shape index (κ1) is 15.4. The minimum Gasteiger partial charge on any atom is -0.350 e. The Kier molecular flexibility index (Phi) is 3.76. The topological polar surface area (TPSA) is 91.8 Å². The molecule has 0 bridgehead atoms. The van der Waals surface area contributed by atoms with Gasteiger partial charge in [-0.05, 0) is 25.0 Å². The lowest BCUT2D eigenvalue weighted by atomic mass is 9.86. The zero-order chi connectivity index (χ0) is 17.4.